The summed E-state index contributed by atoms with van der Waals surface area (Å²) >= 11 is 0. The van der Waals surface area contributed by atoms with Crippen LogP contribution in [0.1, 0.15) is 25.2 Å². The minimum Gasteiger partial charge on any atom is -0.379 e. The second-order valence-corrected chi connectivity index (χ2v) is 5.99. The van der Waals surface area contributed by atoms with E-state index < -0.39 is 0 Å². The third-order valence-corrected chi connectivity index (χ3v) is 3.96. The fraction of sp³-hybridized carbons (Fsp3) is 0.562. The van der Waals surface area contributed by atoms with Gasteiger partial charge in [-0.25, -0.2) is 4.98 Å². The number of nitrogens with two attached hydrogens (primary N) is 1. The summed E-state index contributed by atoms with van der Waals surface area (Å²) in [5.41, 5.74) is 8.82. The number of rotatable bonds is 2. The number of nitrogen functional groups attached to an aromatic ring is 1. The number of hydrogen-bond donors (Lipinski definition) is 1. The van der Waals surface area contributed by atoms with Crippen molar-refractivity contribution in [2.45, 2.75) is 27.2 Å². The second kappa shape index (κ2) is 6.04. The molecule has 1 fully saturated rings. The zero-order chi connectivity index (χ0) is 15.7. The molecule has 6 nitrogen and oxygen atoms in total. The van der Waals surface area contributed by atoms with Crippen LogP contribution in [0.3, 0.4) is 0 Å². The van der Waals surface area contributed by atoms with E-state index in [9.17, 15) is 0 Å². The molecule has 3 heterocycles. The van der Waals surface area contributed by atoms with Crippen molar-refractivity contribution in [2.75, 3.05) is 36.9 Å². The van der Waals surface area contributed by atoms with Crippen LogP contribution < -0.4 is 10.6 Å². The fourth-order valence-corrected chi connectivity index (χ4v) is 3.02. The molecule has 0 spiro atoms. The molecular formula is C16H23N5O. The molecule has 2 aromatic heterocycles. The second-order valence-electron chi connectivity index (χ2n) is 5.99. The Labute approximate surface area is 130 Å². The van der Waals surface area contributed by atoms with Crippen LogP contribution in [0.2, 0.25) is 0 Å². The number of nitrogens with zero attached hydrogens (tertiary/aromatic N) is 4. The van der Waals surface area contributed by atoms with Gasteiger partial charge in [0.15, 0.2) is 0 Å². The van der Waals surface area contributed by atoms with Crippen molar-refractivity contribution in [3.63, 3.8) is 0 Å². The lowest BCUT2D eigenvalue weighted by Crippen LogP contribution is -2.30. The first-order chi connectivity index (χ1) is 10.6. The van der Waals surface area contributed by atoms with Gasteiger partial charge in [-0.2, -0.15) is 4.98 Å². The molecule has 1 aliphatic heterocycles. The molecule has 0 radical (unpaired) electrons. The fourth-order valence-electron chi connectivity index (χ4n) is 3.02. The highest BCUT2D eigenvalue weighted by Gasteiger charge is 2.21. The lowest BCUT2D eigenvalue weighted by Gasteiger charge is -2.25. The molecule has 1 aliphatic rings. The Bertz CT molecular complexity index is 683. The van der Waals surface area contributed by atoms with Crippen molar-refractivity contribution >= 4 is 22.7 Å². The lowest BCUT2D eigenvalue weighted by atomic mass is 10.1. The number of ether oxygens (including phenoxy) is 1. The summed E-state index contributed by atoms with van der Waals surface area (Å²) in [7, 11) is 0. The Balaban J connectivity index is 2.19. The average Bonchev–Trinajstić information content (AvgIpc) is 2.69. The molecule has 2 aromatic rings. The minimum atomic E-state index is 0.313. The topological polar surface area (TPSA) is 77.2 Å². The van der Waals surface area contributed by atoms with Gasteiger partial charge in [-0.3, -0.25) is 4.98 Å². The van der Waals surface area contributed by atoms with Crippen LogP contribution in [0.25, 0.3) is 10.9 Å². The van der Waals surface area contributed by atoms with E-state index in [1.165, 1.54) is 0 Å². The molecule has 0 saturated carbocycles. The van der Waals surface area contributed by atoms with Gasteiger partial charge in [0.1, 0.15) is 5.82 Å². The summed E-state index contributed by atoms with van der Waals surface area (Å²) in [4.78, 5) is 15.9. The summed E-state index contributed by atoms with van der Waals surface area (Å²) in [6, 6.07) is 1.98. The highest BCUT2D eigenvalue weighted by atomic mass is 16.5. The van der Waals surface area contributed by atoms with Crippen molar-refractivity contribution in [3.05, 3.63) is 17.5 Å². The van der Waals surface area contributed by atoms with Crippen LogP contribution in [0.15, 0.2) is 6.07 Å². The van der Waals surface area contributed by atoms with E-state index in [0.29, 0.717) is 18.5 Å². The van der Waals surface area contributed by atoms with Crippen LogP contribution in [0.4, 0.5) is 11.8 Å². The van der Waals surface area contributed by atoms with Gasteiger partial charge >= 0.3 is 0 Å². The highest BCUT2D eigenvalue weighted by Crippen LogP contribution is 2.29. The molecule has 2 N–H and O–H groups in total. The Morgan fingerprint density at radius 2 is 2.18 bits per heavy atom. The smallest absolute Gasteiger partial charge is 0.222 e. The lowest BCUT2D eigenvalue weighted by molar-refractivity contribution is 0.129. The molecule has 1 unspecified atom stereocenters. The number of aromatic nitrogens is 3. The van der Waals surface area contributed by atoms with E-state index in [4.69, 9.17) is 10.5 Å². The van der Waals surface area contributed by atoms with Gasteiger partial charge in [-0.15, -0.1) is 0 Å². The zero-order valence-electron chi connectivity index (χ0n) is 13.5. The first-order valence-corrected chi connectivity index (χ1v) is 7.85. The first-order valence-electron chi connectivity index (χ1n) is 7.85. The molecule has 0 amide bonds. The summed E-state index contributed by atoms with van der Waals surface area (Å²) in [6.07, 6.45) is 0.846. The number of hydrogen-bond acceptors (Lipinski definition) is 6. The van der Waals surface area contributed by atoms with Gasteiger partial charge in [0.2, 0.25) is 5.95 Å². The molecule has 0 bridgehead atoms. The van der Waals surface area contributed by atoms with E-state index in [1.54, 1.807) is 0 Å². The molecule has 3 rings (SSSR count). The standard InChI is InChI=1S/C16H23N5O/c1-4-12-14-13(7-11(3)18-12)19-16(17)20-15(14)21-5-6-22-9-10(2)8-21/h7,10H,4-6,8-9H2,1-3H3,(H2,17,19,20). The molecule has 0 aliphatic carbocycles. The average molecular weight is 301 g/mol. The van der Waals surface area contributed by atoms with Crippen LogP contribution in [-0.2, 0) is 11.2 Å². The Hall–Kier alpha value is -1.95. The first kappa shape index (κ1) is 15.0. The van der Waals surface area contributed by atoms with Gasteiger partial charge < -0.3 is 15.4 Å². The van der Waals surface area contributed by atoms with E-state index in [1.807, 2.05) is 13.0 Å². The van der Waals surface area contributed by atoms with E-state index in [-0.39, 0.29) is 0 Å². The normalized spacial score (nSPS) is 19.4. The van der Waals surface area contributed by atoms with Crippen molar-refractivity contribution in [1.29, 1.82) is 0 Å². The molecule has 1 atom stereocenters. The van der Waals surface area contributed by atoms with Crippen molar-refractivity contribution in [3.8, 4) is 0 Å². The van der Waals surface area contributed by atoms with Gasteiger partial charge in [-0.1, -0.05) is 13.8 Å². The molecular weight excluding hydrogens is 278 g/mol. The van der Waals surface area contributed by atoms with E-state index >= 15 is 0 Å². The maximum absolute atomic E-state index is 5.95. The summed E-state index contributed by atoms with van der Waals surface area (Å²) in [5.74, 6) is 1.66. The van der Waals surface area contributed by atoms with Gasteiger partial charge in [-0.05, 0) is 25.3 Å². The minimum absolute atomic E-state index is 0.313. The van der Waals surface area contributed by atoms with Crippen molar-refractivity contribution in [2.24, 2.45) is 5.92 Å². The number of aryl methyl sites for hydroxylation is 2. The summed E-state index contributed by atoms with van der Waals surface area (Å²) in [6.45, 7) is 9.49. The molecule has 118 valence electrons. The third-order valence-electron chi connectivity index (χ3n) is 3.96. The number of fused-ring (bicyclic) bond motifs is 1. The number of anilines is 2. The monoisotopic (exact) mass is 301 g/mol. The van der Waals surface area contributed by atoms with Crippen LogP contribution in [0, 0.1) is 12.8 Å². The van der Waals surface area contributed by atoms with Gasteiger partial charge in [0.25, 0.3) is 0 Å². The predicted octanol–water partition coefficient (Wildman–Crippen LogP) is 1.95. The van der Waals surface area contributed by atoms with E-state index in [2.05, 4.69) is 33.7 Å². The molecule has 0 aromatic carbocycles. The largest absolute Gasteiger partial charge is 0.379 e. The molecule has 1 saturated heterocycles. The Morgan fingerprint density at radius 3 is 2.95 bits per heavy atom. The van der Waals surface area contributed by atoms with Crippen molar-refractivity contribution < 1.29 is 4.74 Å². The number of pyridine rings is 1. The van der Waals surface area contributed by atoms with Gasteiger partial charge in [0, 0.05) is 18.8 Å². The maximum atomic E-state index is 5.95. The maximum Gasteiger partial charge on any atom is 0.222 e. The highest BCUT2D eigenvalue weighted by molar-refractivity contribution is 5.92. The third kappa shape index (κ3) is 2.83. The van der Waals surface area contributed by atoms with Crippen LogP contribution >= 0.6 is 0 Å². The molecule has 22 heavy (non-hydrogen) atoms. The Morgan fingerprint density at radius 1 is 1.36 bits per heavy atom. The van der Waals surface area contributed by atoms with Crippen LogP contribution in [-0.4, -0.2) is 41.3 Å². The molecule has 6 heteroatoms. The predicted molar refractivity (Wildman–Crippen MR) is 88.1 cm³/mol. The SMILES string of the molecule is CCc1nc(C)cc2nc(N)nc(N3CCOCC(C)C3)c12. The Kier molecular flexibility index (Phi) is 4.11. The van der Waals surface area contributed by atoms with Crippen LogP contribution in [0.5, 0.6) is 0 Å². The summed E-state index contributed by atoms with van der Waals surface area (Å²) in [5, 5.41) is 1.02. The quantitative estimate of drug-likeness (QED) is 0.913. The van der Waals surface area contributed by atoms with E-state index in [0.717, 1.165) is 54.2 Å². The van der Waals surface area contributed by atoms with Crippen molar-refractivity contribution in [1.82, 2.24) is 15.0 Å². The zero-order valence-corrected chi connectivity index (χ0v) is 13.5. The summed E-state index contributed by atoms with van der Waals surface area (Å²) < 4.78 is 5.64. The van der Waals surface area contributed by atoms with Gasteiger partial charge in [0.05, 0.1) is 29.8 Å².